The zero-order valence-electron chi connectivity index (χ0n) is 14.0. The van der Waals surface area contributed by atoms with E-state index in [1.54, 1.807) is 29.6 Å². The average Bonchev–Trinajstić information content (AvgIpc) is 3.22. The van der Waals surface area contributed by atoms with Gasteiger partial charge in [0.25, 0.3) is 5.91 Å². The Morgan fingerprint density at radius 2 is 1.96 bits per heavy atom. The molecule has 0 saturated carbocycles. The van der Waals surface area contributed by atoms with Crippen LogP contribution in [0, 0.1) is 5.92 Å². The van der Waals surface area contributed by atoms with Crippen LogP contribution in [0.1, 0.15) is 34.8 Å². The molecule has 0 unspecified atom stereocenters. The lowest BCUT2D eigenvalue weighted by atomic mass is 9.97. The van der Waals surface area contributed by atoms with Crippen molar-refractivity contribution < 1.29 is 18.8 Å². The molecule has 6 heteroatoms. The van der Waals surface area contributed by atoms with E-state index in [-0.39, 0.29) is 30.1 Å². The number of hydrogen-bond acceptors (Lipinski definition) is 4. The molecule has 2 aromatic rings. The van der Waals surface area contributed by atoms with E-state index in [9.17, 15) is 14.4 Å². The van der Waals surface area contributed by atoms with Gasteiger partial charge in [-0.15, -0.1) is 0 Å². The summed E-state index contributed by atoms with van der Waals surface area (Å²) in [4.78, 5) is 37.3. The van der Waals surface area contributed by atoms with Gasteiger partial charge in [-0.1, -0.05) is 12.1 Å². The topological polar surface area (TPSA) is 79.6 Å². The van der Waals surface area contributed by atoms with Crippen LogP contribution in [0.25, 0.3) is 0 Å². The van der Waals surface area contributed by atoms with Gasteiger partial charge in [0.15, 0.2) is 0 Å². The van der Waals surface area contributed by atoms with Gasteiger partial charge in [0, 0.05) is 30.6 Å². The minimum atomic E-state index is -0.317. The largest absolute Gasteiger partial charge is 0.472 e. The maximum Gasteiger partial charge on any atom is 0.254 e. The molecule has 1 N–H and O–H groups in total. The molecular formula is C19H20N2O4. The molecule has 2 heterocycles. The number of amides is 3. The number of nitrogens with one attached hydrogen (secondary N) is 1. The molecule has 1 saturated heterocycles. The minimum absolute atomic E-state index is 0.0518. The molecule has 1 aliphatic heterocycles. The quantitative estimate of drug-likeness (QED) is 0.817. The standard InChI is InChI=1S/C19H20N2O4/c1-2-21(11-14-7-8-25-12-14)19(24)15-5-3-13(4-6-15)9-16-10-17(22)20-18(16)23/h3-8,12,16H,2,9-11H2,1H3,(H,20,22,23)/t16-/m1/s1. The highest BCUT2D eigenvalue weighted by molar-refractivity contribution is 6.03. The van der Waals surface area contributed by atoms with Gasteiger partial charge >= 0.3 is 0 Å². The van der Waals surface area contributed by atoms with Crippen LogP contribution in [0.5, 0.6) is 0 Å². The Morgan fingerprint density at radius 1 is 1.20 bits per heavy atom. The van der Waals surface area contributed by atoms with E-state index in [1.807, 2.05) is 25.1 Å². The van der Waals surface area contributed by atoms with Gasteiger partial charge in [-0.3, -0.25) is 19.7 Å². The third-order valence-corrected chi connectivity index (χ3v) is 4.37. The average molecular weight is 340 g/mol. The van der Waals surface area contributed by atoms with E-state index < -0.39 is 0 Å². The highest BCUT2D eigenvalue weighted by Gasteiger charge is 2.30. The number of carbonyl (C=O) groups excluding carboxylic acids is 3. The molecule has 6 nitrogen and oxygen atoms in total. The van der Waals surface area contributed by atoms with Crippen LogP contribution in [0.15, 0.2) is 47.3 Å². The van der Waals surface area contributed by atoms with Gasteiger partial charge in [0.1, 0.15) is 0 Å². The Bertz CT molecular complexity index is 765. The second-order valence-corrected chi connectivity index (χ2v) is 6.17. The number of rotatable bonds is 6. The van der Waals surface area contributed by atoms with Crippen LogP contribution in [0.3, 0.4) is 0 Å². The molecule has 3 amide bonds. The van der Waals surface area contributed by atoms with Crippen molar-refractivity contribution in [1.29, 1.82) is 0 Å². The van der Waals surface area contributed by atoms with Crippen LogP contribution >= 0.6 is 0 Å². The van der Waals surface area contributed by atoms with Crippen LogP contribution in [-0.2, 0) is 22.6 Å². The highest BCUT2D eigenvalue weighted by Crippen LogP contribution is 2.18. The Morgan fingerprint density at radius 3 is 2.52 bits per heavy atom. The predicted molar refractivity (Wildman–Crippen MR) is 90.5 cm³/mol. The number of imide groups is 1. The summed E-state index contributed by atoms with van der Waals surface area (Å²) in [6.45, 7) is 3.02. The second kappa shape index (κ2) is 7.34. The van der Waals surface area contributed by atoms with Crippen molar-refractivity contribution in [2.45, 2.75) is 26.3 Å². The van der Waals surface area contributed by atoms with E-state index >= 15 is 0 Å². The molecule has 1 aromatic carbocycles. The van der Waals surface area contributed by atoms with E-state index in [1.165, 1.54) is 0 Å². The molecule has 1 atom stereocenters. The molecular weight excluding hydrogens is 320 g/mol. The zero-order chi connectivity index (χ0) is 17.8. The highest BCUT2D eigenvalue weighted by atomic mass is 16.3. The van der Waals surface area contributed by atoms with Gasteiger partial charge in [0.05, 0.1) is 18.4 Å². The lowest BCUT2D eigenvalue weighted by molar-refractivity contribution is -0.125. The number of carbonyl (C=O) groups is 3. The normalized spacial score (nSPS) is 16.8. The molecule has 1 fully saturated rings. The van der Waals surface area contributed by atoms with Gasteiger partial charge in [0.2, 0.25) is 11.8 Å². The van der Waals surface area contributed by atoms with E-state index in [0.29, 0.717) is 25.1 Å². The monoisotopic (exact) mass is 340 g/mol. The summed E-state index contributed by atoms with van der Waals surface area (Å²) >= 11 is 0. The summed E-state index contributed by atoms with van der Waals surface area (Å²) in [6.07, 6.45) is 3.95. The Labute approximate surface area is 145 Å². The van der Waals surface area contributed by atoms with Crippen molar-refractivity contribution in [3.63, 3.8) is 0 Å². The predicted octanol–water partition coefficient (Wildman–Crippen LogP) is 2.15. The SMILES string of the molecule is CCN(Cc1ccoc1)C(=O)c1ccc(C[C@@H]2CC(=O)NC2=O)cc1. The molecule has 1 aromatic heterocycles. The van der Waals surface area contributed by atoms with Crippen molar-refractivity contribution in [3.05, 3.63) is 59.5 Å². The van der Waals surface area contributed by atoms with Crippen molar-refractivity contribution in [1.82, 2.24) is 10.2 Å². The Kier molecular flexibility index (Phi) is 4.97. The lowest BCUT2D eigenvalue weighted by Gasteiger charge is -2.20. The number of benzene rings is 1. The summed E-state index contributed by atoms with van der Waals surface area (Å²) in [6, 6.07) is 9.06. The van der Waals surface area contributed by atoms with Gasteiger partial charge in [-0.2, -0.15) is 0 Å². The molecule has 3 rings (SSSR count). The summed E-state index contributed by atoms with van der Waals surface area (Å²) in [7, 11) is 0. The van der Waals surface area contributed by atoms with Crippen molar-refractivity contribution in [2.24, 2.45) is 5.92 Å². The fraction of sp³-hybridized carbons (Fsp3) is 0.316. The van der Waals surface area contributed by atoms with E-state index in [0.717, 1.165) is 11.1 Å². The van der Waals surface area contributed by atoms with Gasteiger partial charge < -0.3 is 9.32 Å². The minimum Gasteiger partial charge on any atom is -0.472 e. The first-order chi connectivity index (χ1) is 12.1. The van der Waals surface area contributed by atoms with E-state index in [4.69, 9.17) is 4.42 Å². The fourth-order valence-corrected chi connectivity index (χ4v) is 2.95. The Balaban J connectivity index is 1.65. The maximum absolute atomic E-state index is 12.6. The summed E-state index contributed by atoms with van der Waals surface area (Å²) in [5, 5.41) is 2.31. The molecule has 25 heavy (non-hydrogen) atoms. The smallest absolute Gasteiger partial charge is 0.254 e. The molecule has 1 aliphatic rings. The third-order valence-electron chi connectivity index (χ3n) is 4.37. The van der Waals surface area contributed by atoms with E-state index in [2.05, 4.69) is 5.32 Å². The first-order valence-electron chi connectivity index (χ1n) is 8.29. The summed E-state index contributed by atoms with van der Waals surface area (Å²) in [5.41, 5.74) is 2.48. The fourth-order valence-electron chi connectivity index (χ4n) is 2.95. The van der Waals surface area contributed by atoms with Crippen molar-refractivity contribution >= 4 is 17.7 Å². The van der Waals surface area contributed by atoms with Gasteiger partial charge in [-0.05, 0) is 37.1 Å². The maximum atomic E-state index is 12.6. The molecule has 0 bridgehead atoms. The second-order valence-electron chi connectivity index (χ2n) is 6.17. The van der Waals surface area contributed by atoms with Crippen LogP contribution in [-0.4, -0.2) is 29.2 Å². The number of furan rings is 1. The first kappa shape index (κ1) is 17.0. The number of nitrogens with zero attached hydrogens (tertiary/aromatic N) is 1. The van der Waals surface area contributed by atoms with Crippen LogP contribution in [0.4, 0.5) is 0 Å². The third kappa shape index (κ3) is 3.96. The van der Waals surface area contributed by atoms with Crippen molar-refractivity contribution in [3.8, 4) is 0 Å². The summed E-state index contributed by atoms with van der Waals surface area (Å²) < 4.78 is 5.05. The van der Waals surface area contributed by atoms with Crippen LogP contribution in [0.2, 0.25) is 0 Å². The zero-order valence-corrected chi connectivity index (χ0v) is 14.0. The van der Waals surface area contributed by atoms with Gasteiger partial charge in [-0.25, -0.2) is 0 Å². The number of hydrogen-bond donors (Lipinski definition) is 1. The Hall–Kier alpha value is -2.89. The van der Waals surface area contributed by atoms with Crippen molar-refractivity contribution in [2.75, 3.05) is 6.54 Å². The summed E-state index contributed by atoms with van der Waals surface area (Å²) in [5.74, 6) is -0.812. The molecule has 0 radical (unpaired) electrons. The molecule has 130 valence electrons. The molecule has 0 spiro atoms. The first-order valence-corrected chi connectivity index (χ1v) is 8.29. The van der Waals surface area contributed by atoms with Crippen LogP contribution < -0.4 is 5.32 Å². The molecule has 0 aliphatic carbocycles. The lowest BCUT2D eigenvalue weighted by Crippen LogP contribution is -2.30.